The number of benzene rings is 3. The molecule has 0 radical (unpaired) electrons. The van der Waals surface area contributed by atoms with E-state index in [4.69, 9.17) is 4.74 Å². The van der Waals surface area contributed by atoms with Gasteiger partial charge in [-0.1, -0.05) is 64.5 Å². The Morgan fingerprint density at radius 3 is 2.04 bits per heavy atom. The van der Waals surface area contributed by atoms with Crippen molar-refractivity contribution in [3.8, 4) is 11.1 Å². The third-order valence-corrected chi connectivity index (χ3v) is 5.71. The van der Waals surface area contributed by atoms with Crippen molar-refractivity contribution in [2.24, 2.45) is 0 Å². The number of halogens is 1. The summed E-state index contributed by atoms with van der Waals surface area (Å²) >= 11 is 4.90. The molecule has 0 atom stereocenters. The monoisotopic (exact) mass is 410 g/mol. The third kappa shape index (κ3) is 3.37. The van der Waals surface area contributed by atoms with E-state index in [1.54, 1.807) is 0 Å². The molecule has 3 aromatic rings. The number of rotatable bonds is 4. The first-order valence-corrected chi connectivity index (χ1v) is 9.76. The summed E-state index contributed by atoms with van der Waals surface area (Å²) in [5.74, 6) is 0.0899. The van der Waals surface area contributed by atoms with Gasteiger partial charge in [-0.25, -0.2) is 0 Å². The van der Waals surface area contributed by atoms with Gasteiger partial charge < -0.3 is 4.74 Å². The van der Waals surface area contributed by atoms with Gasteiger partial charge in [0.05, 0.1) is 5.75 Å². The first-order valence-electron chi connectivity index (χ1n) is 7.98. The average Bonchev–Trinajstić information content (AvgIpc) is 2.96. The lowest BCUT2D eigenvalue weighted by molar-refractivity contribution is -0.144. The third-order valence-electron chi connectivity index (χ3n) is 4.20. The van der Waals surface area contributed by atoms with E-state index in [-0.39, 0.29) is 12.1 Å². The molecule has 0 aliphatic heterocycles. The molecule has 0 fully saturated rings. The molecule has 0 amide bonds. The lowest BCUT2D eigenvalue weighted by atomic mass is 10.1. The number of hydrogen-bond donors (Lipinski definition) is 0. The maximum Gasteiger partial charge on any atom is 0.317 e. The smallest absolute Gasteiger partial charge is 0.317 e. The van der Waals surface area contributed by atoms with Gasteiger partial charge in [0.2, 0.25) is 0 Å². The zero-order valence-corrected chi connectivity index (χ0v) is 15.7. The molecular weight excluding hydrogens is 396 g/mol. The largest absolute Gasteiger partial charge is 0.452 e. The minimum absolute atomic E-state index is 0.204. The van der Waals surface area contributed by atoms with Gasteiger partial charge in [0, 0.05) is 20.5 Å². The predicted octanol–water partition coefficient (Wildman–Crippen LogP) is 5.85. The van der Waals surface area contributed by atoms with Crippen LogP contribution < -0.4 is 0 Å². The van der Waals surface area contributed by atoms with Crippen molar-refractivity contribution in [2.45, 2.75) is 11.0 Å². The van der Waals surface area contributed by atoms with E-state index >= 15 is 0 Å². The molecule has 4 heteroatoms. The van der Waals surface area contributed by atoms with E-state index in [0.29, 0.717) is 5.75 Å². The normalized spacial score (nSPS) is 12.5. The Kier molecular flexibility index (Phi) is 4.64. The van der Waals surface area contributed by atoms with Crippen LogP contribution in [-0.4, -0.2) is 11.7 Å². The number of carbonyl (C=O) groups excluding carboxylic acids is 1. The minimum atomic E-state index is -0.314. The van der Waals surface area contributed by atoms with Crippen LogP contribution in [0.5, 0.6) is 0 Å². The van der Waals surface area contributed by atoms with Crippen LogP contribution >= 0.6 is 27.7 Å². The maximum absolute atomic E-state index is 12.4. The molecule has 2 nitrogen and oxygen atoms in total. The summed E-state index contributed by atoms with van der Waals surface area (Å²) < 4.78 is 6.87. The van der Waals surface area contributed by atoms with Crippen LogP contribution in [-0.2, 0) is 9.53 Å². The van der Waals surface area contributed by atoms with Crippen molar-refractivity contribution < 1.29 is 9.53 Å². The fourth-order valence-corrected chi connectivity index (χ4v) is 4.02. The van der Waals surface area contributed by atoms with Crippen LogP contribution in [0, 0.1) is 0 Å². The molecule has 0 N–H and O–H groups in total. The molecular formula is C21H15BrO2S. The second-order valence-corrected chi connectivity index (χ2v) is 7.75. The lowest BCUT2D eigenvalue weighted by Gasteiger charge is -2.15. The summed E-state index contributed by atoms with van der Waals surface area (Å²) in [6.07, 6.45) is -0.314. The fraction of sp³-hybridized carbons (Fsp3) is 0.0952. The molecule has 0 bridgehead atoms. The number of fused-ring (bicyclic) bond motifs is 3. The molecule has 4 rings (SSSR count). The van der Waals surface area contributed by atoms with Crippen molar-refractivity contribution in [1.82, 2.24) is 0 Å². The Bertz CT molecular complexity index is 876. The number of hydrogen-bond acceptors (Lipinski definition) is 3. The number of thioether (sulfide) groups is 1. The van der Waals surface area contributed by atoms with Crippen molar-refractivity contribution in [2.75, 3.05) is 5.75 Å². The molecule has 124 valence electrons. The maximum atomic E-state index is 12.4. The Hall–Kier alpha value is -2.04. The van der Waals surface area contributed by atoms with E-state index in [1.165, 1.54) is 11.8 Å². The molecule has 1 aliphatic carbocycles. The topological polar surface area (TPSA) is 26.3 Å². The van der Waals surface area contributed by atoms with Crippen molar-refractivity contribution in [3.05, 3.63) is 88.4 Å². The summed E-state index contributed by atoms with van der Waals surface area (Å²) in [6, 6.07) is 24.2. The molecule has 0 saturated carbocycles. The van der Waals surface area contributed by atoms with E-state index < -0.39 is 0 Å². The SMILES string of the molecule is O=C(CSc1ccc(Br)cc1)OC1c2ccccc2-c2ccccc21. The molecule has 0 heterocycles. The van der Waals surface area contributed by atoms with Crippen molar-refractivity contribution >= 4 is 33.7 Å². The van der Waals surface area contributed by atoms with Gasteiger partial charge >= 0.3 is 5.97 Å². The lowest BCUT2D eigenvalue weighted by Crippen LogP contribution is -2.12. The quantitative estimate of drug-likeness (QED) is 0.398. The summed E-state index contributed by atoms with van der Waals surface area (Å²) in [4.78, 5) is 13.5. The highest BCUT2D eigenvalue weighted by molar-refractivity contribution is 9.10. The van der Waals surface area contributed by atoms with Crippen LogP contribution in [0.15, 0.2) is 82.2 Å². The molecule has 25 heavy (non-hydrogen) atoms. The Labute approximate surface area is 159 Å². The molecule has 0 aromatic heterocycles. The summed E-state index contributed by atoms with van der Waals surface area (Å²) in [5, 5.41) is 0. The van der Waals surface area contributed by atoms with Gasteiger partial charge in [-0.15, -0.1) is 11.8 Å². The summed E-state index contributed by atoms with van der Waals surface area (Å²) in [7, 11) is 0. The first-order chi connectivity index (χ1) is 12.2. The minimum Gasteiger partial charge on any atom is -0.452 e. The number of carbonyl (C=O) groups is 1. The molecule has 3 aromatic carbocycles. The van der Waals surface area contributed by atoms with Crippen molar-refractivity contribution in [1.29, 1.82) is 0 Å². The Balaban J connectivity index is 1.50. The highest BCUT2D eigenvalue weighted by atomic mass is 79.9. The van der Waals surface area contributed by atoms with E-state index in [2.05, 4.69) is 28.1 Å². The summed E-state index contributed by atoms with van der Waals surface area (Å²) in [6.45, 7) is 0. The van der Waals surface area contributed by atoms with Crippen LogP contribution in [0.2, 0.25) is 0 Å². The zero-order chi connectivity index (χ0) is 17.2. The summed E-state index contributed by atoms with van der Waals surface area (Å²) in [5.41, 5.74) is 4.42. The first kappa shape index (κ1) is 16.4. The van der Waals surface area contributed by atoms with Crippen LogP contribution in [0.4, 0.5) is 0 Å². The number of esters is 1. The van der Waals surface area contributed by atoms with Crippen molar-refractivity contribution in [3.63, 3.8) is 0 Å². The van der Waals surface area contributed by atoms with Gasteiger partial charge in [0.15, 0.2) is 6.10 Å². The Morgan fingerprint density at radius 1 is 0.880 bits per heavy atom. The second-order valence-electron chi connectivity index (χ2n) is 5.79. The molecule has 0 unspecified atom stereocenters. The van der Waals surface area contributed by atoms with Gasteiger partial charge in [0.25, 0.3) is 0 Å². The zero-order valence-electron chi connectivity index (χ0n) is 13.3. The molecule has 0 spiro atoms. The van der Waals surface area contributed by atoms with E-state index in [9.17, 15) is 4.79 Å². The van der Waals surface area contributed by atoms with Crippen LogP contribution in [0.1, 0.15) is 17.2 Å². The van der Waals surface area contributed by atoms with E-state index in [0.717, 1.165) is 31.6 Å². The fourth-order valence-electron chi connectivity index (χ4n) is 3.07. The van der Waals surface area contributed by atoms with Gasteiger partial charge in [-0.2, -0.15) is 0 Å². The molecule has 1 aliphatic rings. The van der Waals surface area contributed by atoms with Crippen LogP contribution in [0.25, 0.3) is 11.1 Å². The van der Waals surface area contributed by atoms with Gasteiger partial charge in [-0.05, 0) is 35.4 Å². The molecule has 0 saturated heterocycles. The number of ether oxygens (including phenoxy) is 1. The van der Waals surface area contributed by atoms with Gasteiger partial charge in [0.1, 0.15) is 0 Å². The average molecular weight is 411 g/mol. The van der Waals surface area contributed by atoms with E-state index in [1.807, 2.05) is 60.7 Å². The highest BCUT2D eigenvalue weighted by Crippen LogP contribution is 2.45. The second kappa shape index (κ2) is 7.06. The predicted molar refractivity (Wildman–Crippen MR) is 105 cm³/mol. The standard InChI is InChI=1S/C21H15BrO2S/c22-14-9-11-15(12-10-14)25-13-20(23)24-21-18-7-3-1-5-16(18)17-6-2-4-8-19(17)21/h1-12,21H,13H2. The van der Waals surface area contributed by atoms with Crippen LogP contribution in [0.3, 0.4) is 0 Å². The highest BCUT2D eigenvalue weighted by Gasteiger charge is 2.30. The van der Waals surface area contributed by atoms with Gasteiger partial charge in [-0.3, -0.25) is 4.79 Å². The Morgan fingerprint density at radius 2 is 1.44 bits per heavy atom.